The van der Waals surface area contributed by atoms with Crippen LogP contribution < -0.4 is 10.6 Å². The zero-order valence-corrected chi connectivity index (χ0v) is 13.8. The predicted octanol–water partition coefficient (Wildman–Crippen LogP) is 4.33. The molecule has 0 atom stereocenters. The highest BCUT2D eigenvalue weighted by atomic mass is 79.9. The molecule has 0 spiro atoms. The molecule has 1 aliphatic rings. The summed E-state index contributed by atoms with van der Waals surface area (Å²) in [5.74, 6) is 2.60. The van der Waals surface area contributed by atoms with Crippen molar-refractivity contribution in [3.8, 4) is 0 Å². The summed E-state index contributed by atoms with van der Waals surface area (Å²) in [6.07, 6.45) is 4.20. The lowest BCUT2D eigenvalue weighted by Crippen LogP contribution is -2.01. The number of aromatic nitrogens is 4. The van der Waals surface area contributed by atoms with Crippen LogP contribution in [0.5, 0.6) is 0 Å². The Morgan fingerprint density at radius 3 is 2.74 bits per heavy atom. The lowest BCUT2D eigenvalue weighted by Gasteiger charge is -2.08. The van der Waals surface area contributed by atoms with Crippen LogP contribution in [0.3, 0.4) is 0 Å². The number of anilines is 4. The van der Waals surface area contributed by atoms with Gasteiger partial charge < -0.3 is 10.6 Å². The topological polar surface area (TPSA) is 78.5 Å². The van der Waals surface area contributed by atoms with Crippen molar-refractivity contribution in [1.82, 2.24) is 20.2 Å². The van der Waals surface area contributed by atoms with E-state index in [2.05, 4.69) is 46.7 Å². The Labute approximate surface area is 141 Å². The van der Waals surface area contributed by atoms with Gasteiger partial charge >= 0.3 is 0 Å². The second-order valence-corrected chi connectivity index (χ2v) is 6.34. The van der Waals surface area contributed by atoms with E-state index in [1.165, 1.54) is 18.5 Å². The van der Waals surface area contributed by atoms with Crippen LogP contribution in [0.25, 0.3) is 0 Å². The SMILES string of the molecule is Brc1cnc(Nc2ccccc2)nc1Nc1cc(C2CC2)[nH]n1. The van der Waals surface area contributed by atoms with Crippen molar-refractivity contribution in [2.75, 3.05) is 10.6 Å². The van der Waals surface area contributed by atoms with Crippen molar-refractivity contribution < 1.29 is 0 Å². The Hall–Kier alpha value is -2.41. The first kappa shape index (κ1) is 14.2. The Morgan fingerprint density at radius 1 is 1.13 bits per heavy atom. The summed E-state index contributed by atoms with van der Waals surface area (Å²) in [6.45, 7) is 0. The van der Waals surface area contributed by atoms with E-state index in [1.54, 1.807) is 6.20 Å². The molecule has 0 unspecified atom stereocenters. The number of para-hydroxylation sites is 1. The van der Waals surface area contributed by atoms with Gasteiger partial charge in [-0.1, -0.05) is 18.2 Å². The summed E-state index contributed by atoms with van der Waals surface area (Å²) in [6, 6.07) is 11.9. The van der Waals surface area contributed by atoms with Crippen LogP contribution in [-0.2, 0) is 0 Å². The fourth-order valence-electron chi connectivity index (χ4n) is 2.29. The van der Waals surface area contributed by atoms with Gasteiger partial charge in [0.05, 0.1) is 4.47 Å². The first-order valence-corrected chi connectivity index (χ1v) is 8.24. The molecule has 0 bridgehead atoms. The molecule has 6 nitrogen and oxygen atoms in total. The maximum atomic E-state index is 4.50. The van der Waals surface area contributed by atoms with Crippen LogP contribution in [0.15, 0.2) is 47.1 Å². The molecule has 0 amide bonds. The molecule has 2 heterocycles. The predicted molar refractivity (Wildman–Crippen MR) is 93.3 cm³/mol. The largest absolute Gasteiger partial charge is 0.324 e. The number of hydrogen-bond donors (Lipinski definition) is 3. The second-order valence-electron chi connectivity index (χ2n) is 5.49. The van der Waals surface area contributed by atoms with Crippen LogP contribution in [0.4, 0.5) is 23.3 Å². The van der Waals surface area contributed by atoms with E-state index < -0.39 is 0 Å². The Kier molecular flexibility index (Phi) is 3.70. The van der Waals surface area contributed by atoms with Crippen molar-refractivity contribution in [2.45, 2.75) is 18.8 Å². The highest BCUT2D eigenvalue weighted by Gasteiger charge is 2.25. The molecule has 7 heteroatoms. The van der Waals surface area contributed by atoms with Crippen LogP contribution in [-0.4, -0.2) is 20.2 Å². The number of halogens is 1. The molecule has 3 N–H and O–H groups in total. The molecule has 0 radical (unpaired) electrons. The van der Waals surface area contributed by atoms with Gasteiger partial charge in [0.1, 0.15) is 0 Å². The summed E-state index contributed by atoms with van der Waals surface area (Å²) in [4.78, 5) is 8.78. The van der Waals surface area contributed by atoms with E-state index >= 15 is 0 Å². The van der Waals surface area contributed by atoms with Crippen molar-refractivity contribution >= 4 is 39.2 Å². The fourth-order valence-corrected chi connectivity index (χ4v) is 2.58. The number of aromatic amines is 1. The number of rotatable bonds is 5. The summed E-state index contributed by atoms with van der Waals surface area (Å²) in [5, 5.41) is 13.8. The monoisotopic (exact) mass is 370 g/mol. The van der Waals surface area contributed by atoms with Crippen molar-refractivity contribution in [1.29, 1.82) is 0 Å². The van der Waals surface area contributed by atoms with Gasteiger partial charge in [0.2, 0.25) is 5.95 Å². The van der Waals surface area contributed by atoms with Crippen LogP contribution >= 0.6 is 15.9 Å². The minimum absolute atomic E-state index is 0.528. The molecule has 2 aromatic heterocycles. The minimum Gasteiger partial charge on any atom is -0.324 e. The Balaban J connectivity index is 1.53. The molecule has 0 saturated heterocycles. The lowest BCUT2D eigenvalue weighted by molar-refractivity contribution is 0.966. The number of nitrogens with zero attached hydrogens (tertiary/aromatic N) is 3. The molecule has 3 aromatic rings. The highest BCUT2D eigenvalue weighted by molar-refractivity contribution is 9.10. The van der Waals surface area contributed by atoms with E-state index in [9.17, 15) is 0 Å². The second kappa shape index (κ2) is 6.00. The van der Waals surface area contributed by atoms with Crippen LogP contribution in [0.1, 0.15) is 24.5 Å². The molecular weight excluding hydrogens is 356 g/mol. The van der Waals surface area contributed by atoms with Crippen LogP contribution in [0.2, 0.25) is 0 Å². The third-order valence-corrected chi connectivity index (χ3v) is 4.22. The summed E-state index contributed by atoms with van der Waals surface area (Å²) in [7, 11) is 0. The van der Waals surface area contributed by atoms with Gasteiger partial charge in [0, 0.05) is 29.6 Å². The summed E-state index contributed by atoms with van der Waals surface area (Å²) in [5.41, 5.74) is 2.12. The quantitative estimate of drug-likeness (QED) is 0.622. The molecule has 1 aliphatic carbocycles. The maximum absolute atomic E-state index is 4.50. The van der Waals surface area contributed by atoms with E-state index in [1.807, 2.05) is 36.4 Å². The number of nitrogens with one attached hydrogen (secondary N) is 3. The standard InChI is InChI=1S/C16H15BrN6/c17-12-9-18-16(19-11-4-2-1-3-5-11)21-15(12)20-14-8-13(22-23-14)10-6-7-10/h1-5,8-10H,6-7H2,(H3,18,19,20,21,22,23). The normalized spacial score (nSPS) is 13.8. The highest BCUT2D eigenvalue weighted by Crippen LogP contribution is 2.39. The third-order valence-electron chi connectivity index (χ3n) is 3.64. The van der Waals surface area contributed by atoms with Crippen molar-refractivity contribution in [3.05, 3.63) is 52.8 Å². The van der Waals surface area contributed by atoms with E-state index in [0.717, 1.165) is 16.0 Å². The summed E-state index contributed by atoms with van der Waals surface area (Å²) < 4.78 is 0.784. The average molecular weight is 371 g/mol. The maximum Gasteiger partial charge on any atom is 0.229 e. The van der Waals surface area contributed by atoms with Crippen molar-refractivity contribution in [3.63, 3.8) is 0 Å². The van der Waals surface area contributed by atoms with Gasteiger partial charge in [0.15, 0.2) is 11.6 Å². The summed E-state index contributed by atoms with van der Waals surface area (Å²) >= 11 is 3.47. The van der Waals surface area contributed by atoms with Gasteiger partial charge in [-0.25, -0.2) is 4.98 Å². The molecule has 1 saturated carbocycles. The first-order valence-electron chi connectivity index (χ1n) is 7.45. The van der Waals surface area contributed by atoms with E-state index in [4.69, 9.17) is 0 Å². The zero-order valence-electron chi connectivity index (χ0n) is 12.3. The zero-order chi connectivity index (χ0) is 15.6. The third kappa shape index (κ3) is 3.34. The average Bonchev–Trinajstić information content (AvgIpc) is 3.32. The van der Waals surface area contributed by atoms with E-state index in [-0.39, 0.29) is 0 Å². The lowest BCUT2D eigenvalue weighted by atomic mass is 10.3. The van der Waals surface area contributed by atoms with Gasteiger partial charge in [-0.3, -0.25) is 5.10 Å². The van der Waals surface area contributed by atoms with Gasteiger partial charge in [-0.15, -0.1) is 0 Å². The number of H-pyrrole nitrogens is 1. The molecular formula is C16H15BrN6. The fraction of sp³-hybridized carbons (Fsp3) is 0.188. The molecule has 1 fully saturated rings. The van der Waals surface area contributed by atoms with E-state index in [0.29, 0.717) is 17.7 Å². The molecule has 116 valence electrons. The van der Waals surface area contributed by atoms with Gasteiger partial charge in [0.25, 0.3) is 0 Å². The minimum atomic E-state index is 0.528. The van der Waals surface area contributed by atoms with Gasteiger partial charge in [-0.2, -0.15) is 10.1 Å². The first-order chi connectivity index (χ1) is 11.3. The van der Waals surface area contributed by atoms with Crippen LogP contribution in [0, 0.1) is 0 Å². The molecule has 0 aliphatic heterocycles. The molecule has 23 heavy (non-hydrogen) atoms. The molecule has 1 aromatic carbocycles. The molecule has 4 rings (SSSR count). The Morgan fingerprint density at radius 2 is 1.96 bits per heavy atom. The smallest absolute Gasteiger partial charge is 0.229 e. The number of hydrogen-bond acceptors (Lipinski definition) is 5. The van der Waals surface area contributed by atoms with Crippen molar-refractivity contribution in [2.24, 2.45) is 0 Å². The van der Waals surface area contributed by atoms with Gasteiger partial charge in [-0.05, 0) is 40.9 Å². The number of benzene rings is 1. The Bertz CT molecular complexity index is 812.